The maximum absolute atomic E-state index is 11.3. The van der Waals surface area contributed by atoms with Crippen molar-refractivity contribution in [3.05, 3.63) is 49.1 Å². The van der Waals surface area contributed by atoms with E-state index in [2.05, 4.69) is 39.2 Å². The minimum absolute atomic E-state index is 0.0566. The monoisotopic (exact) mass is 218 g/mol. The Kier molecular flexibility index (Phi) is 7.19. The SMILES string of the molecule is C=C/C(=C\[C@@H](/C=C/CC)C(C)C=C)C(C)=O. The molecule has 0 saturated heterocycles. The zero-order valence-electron chi connectivity index (χ0n) is 10.6. The molecule has 0 N–H and O–H groups in total. The topological polar surface area (TPSA) is 17.1 Å². The van der Waals surface area contributed by atoms with Gasteiger partial charge in [-0.05, 0) is 19.3 Å². The maximum Gasteiger partial charge on any atom is 0.159 e. The van der Waals surface area contributed by atoms with Crippen LogP contribution in [-0.4, -0.2) is 5.78 Å². The molecule has 0 saturated carbocycles. The lowest BCUT2D eigenvalue weighted by molar-refractivity contribution is -0.113. The second-order valence-electron chi connectivity index (χ2n) is 3.89. The summed E-state index contributed by atoms with van der Waals surface area (Å²) in [4.78, 5) is 11.3. The Morgan fingerprint density at radius 3 is 2.38 bits per heavy atom. The molecule has 0 aliphatic rings. The van der Waals surface area contributed by atoms with E-state index in [0.29, 0.717) is 11.5 Å². The lowest BCUT2D eigenvalue weighted by atomic mass is 9.90. The van der Waals surface area contributed by atoms with Crippen LogP contribution in [0.3, 0.4) is 0 Å². The first-order valence-electron chi connectivity index (χ1n) is 5.71. The quantitative estimate of drug-likeness (QED) is 0.357. The third-order valence-electron chi connectivity index (χ3n) is 2.57. The van der Waals surface area contributed by atoms with Gasteiger partial charge in [-0.25, -0.2) is 0 Å². The van der Waals surface area contributed by atoms with E-state index in [0.717, 1.165) is 6.42 Å². The predicted molar refractivity (Wildman–Crippen MR) is 71.2 cm³/mol. The summed E-state index contributed by atoms with van der Waals surface area (Å²) in [5.41, 5.74) is 0.680. The Labute approximate surface area is 99.3 Å². The van der Waals surface area contributed by atoms with Crippen LogP contribution in [0.25, 0.3) is 0 Å². The van der Waals surface area contributed by atoms with Gasteiger partial charge in [0.25, 0.3) is 0 Å². The van der Waals surface area contributed by atoms with Gasteiger partial charge in [-0.1, -0.05) is 50.8 Å². The Morgan fingerprint density at radius 2 is 2.00 bits per heavy atom. The van der Waals surface area contributed by atoms with Crippen LogP contribution < -0.4 is 0 Å². The van der Waals surface area contributed by atoms with Crippen molar-refractivity contribution in [3.8, 4) is 0 Å². The van der Waals surface area contributed by atoms with Gasteiger partial charge >= 0.3 is 0 Å². The highest BCUT2D eigenvalue weighted by molar-refractivity contribution is 5.95. The summed E-state index contributed by atoms with van der Waals surface area (Å²) >= 11 is 0. The van der Waals surface area contributed by atoms with Crippen molar-refractivity contribution in [2.75, 3.05) is 0 Å². The molecule has 0 heterocycles. The molecular formula is C15H22O. The first kappa shape index (κ1) is 14.6. The van der Waals surface area contributed by atoms with E-state index < -0.39 is 0 Å². The number of hydrogen-bond acceptors (Lipinski definition) is 1. The lowest BCUT2D eigenvalue weighted by Gasteiger charge is -2.14. The van der Waals surface area contributed by atoms with Crippen LogP contribution in [-0.2, 0) is 4.79 Å². The van der Waals surface area contributed by atoms with Crippen LogP contribution in [0.4, 0.5) is 0 Å². The number of Topliss-reactive ketones (excluding diaryl/α,β-unsaturated/α-hetero) is 1. The second kappa shape index (κ2) is 7.86. The van der Waals surface area contributed by atoms with E-state index in [1.54, 1.807) is 13.0 Å². The number of hydrogen-bond donors (Lipinski definition) is 0. The number of carbonyl (C=O) groups is 1. The molecule has 0 spiro atoms. The second-order valence-corrected chi connectivity index (χ2v) is 3.89. The summed E-state index contributed by atoms with van der Waals surface area (Å²) in [6.07, 6.45) is 10.7. The van der Waals surface area contributed by atoms with Crippen LogP contribution in [0.15, 0.2) is 49.1 Å². The van der Waals surface area contributed by atoms with Gasteiger partial charge in [-0.15, -0.1) is 6.58 Å². The Balaban J connectivity index is 5.02. The van der Waals surface area contributed by atoms with Crippen LogP contribution in [0.5, 0.6) is 0 Å². The zero-order chi connectivity index (χ0) is 12.6. The fraction of sp³-hybridized carbons (Fsp3) is 0.400. The lowest BCUT2D eigenvalue weighted by Crippen LogP contribution is -2.06. The number of carbonyl (C=O) groups excluding carboxylic acids is 1. The van der Waals surface area contributed by atoms with Gasteiger partial charge in [0.1, 0.15) is 0 Å². The van der Waals surface area contributed by atoms with Crippen LogP contribution in [0, 0.1) is 11.8 Å². The van der Waals surface area contributed by atoms with Gasteiger partial charge in [-0.2, -0.15) is 0 Å². The zero-order valence-corrected chi connectivity index (χ0v) is 10.6. The summed E-state index contributed by atoms with van der Waals surface area (Å²) in [6, 6.07) is 0. The molecule has 16 heavy (non-hydrogen) atoms. The van der Waals surface area contributed by atoms with Gasteiger partial charge in [0.05, 0.1) is 0 Å². The minimum Gasteiger partial charge on any atom is -0.295 e. The highest BCUT2D eigenvalue weighted by Crippen LogP contribution is 2.19. The normalized spacial score (nSPS) is 15.8. The third kappa shape index (κ3) is 4.92. The fourth-order valence-electron chi connectivity index (χ4n) is 1.37. The molecule has 0 aliphatic carbocycles. The standard InChI is InChI=1S/C15H22O/c1-6-9-10-15(12(4)7-2)11-14(8-3)13(5)16/h7-12,15H,2-3,6H2,1,4-5H3/b10-9+,14-11+/t12?,15-/m1/s1. The van der Waals surface area contributed by atoms with E-state index in [9.17, 15) is 4.79 Å². The molecule has 0 amide bonds. The van der Waals surface area contributed by atoms with E-state index in [4.69, 9.17) is 0 Å². The van der Waals surface area contributed by atoms with Crippen LogP contribution in [0.1, 0.15) is 27.2 Å². The van der Waals surface area contributed by atoms with E-state index in [1.165, 1.54) is 0 Å². The molecule has 1 nitrogen and oxygen atoms in total. The maximum atomic E-state index is 11.3. The van der Waals surface area contributed by atoms with Crippen molar-refractivity contribution in [1.29, 1.82) is 0 Å². The summed E-state index contributed by atoms with van der Waals surface area (Å²) in [6.45, 7) is 13.2. The molecule has 1 heteroatoms. The number of rotatable bonds is 7. The Hall–Kier alpha value is -1.37. The molecule has 1 unspecified atom stereocenters. The number of ketones is 1. The van der Waals surface area contributed by atoms with Crippen LogP contribution in [0.2, 0.25) is 0 Å². The van der Waals surface area contributed by atoms with Crippen molar-refractivity contribution < 1.29 is 4.79 Å². The Bertz CT molecular complexity index is 307. The van der Waals surface area contributed by atoms with Crippen molar-refractivity contribution in [3.63, 3.8) is 0 Å². The van der Waals surface area contributed by atoms with Crippen molar-refractivity contribution >= 4 is 5.78 Å². The Morgan fingerprint density at radius 1 is 1.38 bits per heavy atom. The predicted octanol–water partition coefficient (Wildman–Crippen LogP) is 4.09. The van der Waals surface area contributed by atoms with Crippen molar-refractivity contribution in [1.82, 2.24) is 0 Å². The molecule has 0 aromatic rings. The average Bonchev–Trinajstić information content (AvgIpc) is 2.28. The van der Waals surface area contributed by atoms with E-state index in [1.807, 2.05) is 12.2 Å². The molecule has 0 aromatic heterocycles. The molecule has 0 bridgehead atoms. The minimum atomic E-state index is 0.0566. The summed E-state index contributed by atoms with van der Waals surface area (Å²) in [5.74, 6) is 0.590. The third-order valence-corrected chi connectivity index (χ3v) is 2.57. The largest absolute Gasteiger partial charge is 0.295 e. The molecule has 0 rings (SSSR count). The van der Waals surface area contributed by atoms with E-state index >= 15 is 0 Å². The molecule has 0 aromatic carbocycles. The van der Waals surface area contributed by atoms with Gasteiger partial charge in [0, 0.05) is 11.5 Å². The van der Waals surface area contributed by atoms with Crippen LogP contribution >= 0.6 is 0 Å². The van der Waals surface area contributed by atoms with Crippen molar-refractivity contribution in [2.24, 2.45) is 11.8 Å². The molecule has 0 aliphatic heterocycles. The van der Waals surface area contributed by atoms with Gasteiger partial charge in [0.2, 0.25) is 0 Å². The molecule has 0 fully saturated rings. The first-order chi connectivity index (χ1) is 7.56. The summed E-state index contributed by atoms with van der Waals surface area (Å²) in [7, 11) is 0. The van der Waals surface area contributed by atoms with Gasteiger partial charge in [0.15, 0.2) is 5.78 Å². The fourth-order valence-corrected chi connectivity index (χ4v) is 1.37. The molecular weight excluding hydrogens is 196 g/mol. The number of allylic oxidation sites excluding steroid dienone is 6. The van der Waals surface area contributed by atoms with Crippen molar-refractivity contribution in [2.45, 2.75) is 27.2 Å². The summed E-state index contributed by atoms with van der Waals surface area (Å²) < 4.78 is 0. The highest BCUT2D eigenvalue weighted by atomic mass is 16.1. The van der Waals surface area contributed by atoms with Gasteiger partial charge < -0.3 is 0 Å². The van der Waals surface area contributed by atoms with Gasteiger partial charge in [-0.3, -0.25) is 4.79 Å². The summed E-state index contributed by atoms with van der Waals surface area (Å²) in [5, 5.41) is 0. The smallest absolute Gasteiger partial charge is 0.159 e. The average molecular weight is 218 g/mol. The highest BCUT2D eigenvalue weighted by Gasteiger charge is 2.10. The molecule has 2 atom stereocenters. The van der Waals surface area contributed by atoms with E-state index in [-0.39, 0.29) is 11.7 Å². The first-order valence-corrected chi connectivity index (χ1v) is 5.71. The molecule has 88 valence electrons. The molecule has 0 radical (unpaired) electrons.